The maximum atomic E-state index is 12.3. The van der Waals surface area contributed by atoms with Crippen molar-refractivity contribution in [1.82, 2.24) is 9.78 Å². The lowest BCUT2D eigenvalue weighted by molar-refractivity contribution is 0.101. The number of hydrogen-bond acceptors (Lipinski definition) is 3. The molecule has 1 amide bonds. The maximum absolute atomic E-state index is 12.3. The fraction of sp³-hybridized carbons (Fsp3) is 0.286. The Balaban J connectivity index is 2.21. The van der Waals surface area contributed by atoms with E-state index in [1.807, 2.05) is 13.8 Å². The van der Waals surface area contributed by atoms with Crippen LogP contribution >= 0.6 is 15.9 Å². The first kappa shape index (κ1) is 14.6. The minimum atomic E-state index is -0.176. The van der Waals surface area contributed by atoms with Crippen LogP contribution in [0.15, 0.2) is 28.7 Å². The molecule has 2 aromatic rings. The van der Waals surface area contributed by atoms with Crippen LogP contribution in [0.25, 0.3) is 0 Å². The van der Waals surface area contributed by atoms with E-state index in [0.29, 0.717) is 17.9 Å². The molecule has 0 saturated heterocycles. The van der Waals surface area contributed by atoms with E-state index in [2.05, 4.69) is 26.3 Å². The molecule has 0 atom stereocenters. The van der Waals surface area contributed by atoms with Crippen LogP contribution in [-0.4, -0.2) is 22.8 Å². The summed E-state index contributed by atoms with van der Waals surface area (Å²) in [6.07, 6.45) is 0. The fourth-order valence-electron chi connectivity index (χ4n) is 1.91. The Morgan fingerprint density at radius 2 is 2.20 bits per heavy atom. The van der Waals surface area contributed by atoms with Crippen molar-refractivity contribution in [2.75, 3.05) is 12.4 Å². The zero-order valence-corrected chi connectivity index (χ0v) is 13.2. The highest BCUT2D eigenvalue weighted by molar-refractivity contribution is 9.10. The number of rotatable bonds is 4. The molecule has 0 bridgehead atoms. The molecule has 1 aromatic carbocycles. The molecular weight excluding hydrogens is 322 g/mol. The summed E-state index contributed by atoms with van der Waals surface area (Å²) in [7, 11) is 1.60. The normalized spacial score (nSPS) is 10.4. The van der Waals surface area contributed by atoms with E-state index < -0.39 is 0 Å². The molecule has 0 radical (unpaired) electrons. The monoisotopic (exact) mass is 337 g/mol. The van der Waals surface area contributed by atoms with Gasteiger partial charge in [-0.2, -0.15) is 5.10 Å². The van der Waals surface area contributed by atoms with Crippen molar-refractivity contribution in [3.8, 4) is 5.75 Å². The lowest BCUT2D eigenvalue weighted by Gasteiger charge is -2.09. The summed E-state index contributed by atoms with van der Waals surface area (Å²) >= 11 is 3.39. The van der Waals surface area contributed by atoms with Gasteiger partial charge in [-0.25, -0.2) is 0 Å². The van der Waals surface area contributed by atoms with Crippen molar-refractivity contribution < 1.29 is 9.53 Å². The Hall–Kier alpha value is -1.82. The number of benzene rings is 1. The molecule has 0 aliphatic carbocycles. The lowest BCUT2D eigenvalue weighted by Crippen LogP contribution is -2.17. The van der Waals surface area contributed by atoms with Gasteiger partial charge in [-0.3, -0.25) is 9.48 Å². The largest absolute Gasteiger partial charge is 0.496 e. The predicted molar refractivity (Wildman–Crippen MR) is 81.3 cm³/mol. The van der Waals surface area contributed by atoms with Crippen LogP contribution in [0.5, 0.6) is 5.75 Å². The molecule has 0 saturated carbocycles. The number of carbonyl (C=O) groups excluding carboxylic acids is 1. The fourth-order valence-corrected chi connectivity index (χ4v) is 2.45. The number of anilines is 1. The number of aryl methyl sites for hydroxylation is 2. The molecule has 0 aliphatic rings. The quantitative estimate of drug-likeness (QED) is 0.931. The summed E-state index contributed by atoms with van der Waals surface area (Å²) < 4.78 is 7.63. The Bertz CT molecular complexity index is 637. The Labute approximate surface area is 126 Å². The van der Waals surface area contributed by atoms with E-state index in [1.165, 1.54) is 0 Å². The second kappa shape index (κ2) is 6.09. The second-order valence-corrected chi connectivity index (χ2v) is 5.14. The van der Waals surface area contributed by atoms with Gasteiger partial charge in [-0.05, 0) is 54.0 Å². The molecule has 0 aliphatic heterocycles. The molecule has 5 nitrogen and oxygen atoms in total. The van der Waals surface area contributed by atoms with Crippen molar-refractivity contribution >= 4 is 27.5 Å². The van der Waals surface area contributed by atoms with Gasteiger partial charge < -0.3 is 10.1 Å². The van der Waals surface area contributed by atoms with Gasteiger partial charge in [0, 0.05) is 12.2 Å². The van der Waals surface area contributed by atoms with Crippen LogP contribution in [0.3, 0.4) is 0 Å². The van der Waals surface area contributed by atoms with Crippen LogP contribution in [0.2, 0.25) is 0 Å². The highest BCUT2D eigenvalue weighted by Gasteiger charge is 2.13. The second-order valence-electron chi connectivity index (χ2n) is 4.29. The molecule has 6 heteroatoms. The summed E-state index contributed by atoms with van der Waals surface area (Å²) in [5.41, 5.74) is 2.08. The van der Waals surface area contributed by atoms with Gasteiger partial charge in [0.2, 0.25) is 0 Å². The van der Waals surface area contributed by atoms with E-state index in [-0.39, 0.29) is 5.91 Å². The highest BCUT2D eigenvalue weighted by atomic mass is 79.9. The summed E-state index contributed by atoms with van der Waals surface area (Å²) in [6.45, 7) is 4.48. The van der Waals surface area contributed by atoms with Crippen LogP contribution in [0.1, 0.15) is 23.1 Å². The van der Waals surface area contributed by atoms with Crippen molar-refractivity contribution in [2.24, 2.45) is 0 Å². The van der Waals surface area contributed by atoms with Crippen LogP contribution in [-0.2, 0) is 6.54 Å². The lowest BCUT2D eigenvalue weighted by atomic mass is 10.3. The smallest absolute Gasteiger partial charge is 0.273 e. The Kier molecular flexibility index (Phi) is 4.44. The summed E-state index contributed by atoms with van der Waals surface area (Å²) in [5, 5.41) is 7.12. The van der Waals surface area contributed by atoms with Crippen molar-refractivity contribution in [1.29, 1.82) is 0 Å². The van der Waals surface area contributed by atoms with Gasteiger partial charge in [0.15, 0.2) is 0 Å². The zero-order chi connectivity index (χ0) is 14.7. The average molecular weight is 338 g/mol. The van der Waals surface area contributed by atoms with Gasteiger partial charge in [0.05, 0.1) is 17.3 Å². The van der Waals surface area contributed by atoms with Gasteiger partial charge in [0.1, 0.15) is 11.4 Å². The third kappa shape index (κ3) is 3.01. The number of halogens is 1. The van der Waals surface area contributed by atoms with E-state index in [9.17, 15) is 4.79 Å². The van der Waals surface area contributed by atoms with Crippen LogP contribution in [0, 0.1) is 6.92 Å². The van der Waals surface area contributed by atoms with Crippen LogP contribution < -0.4 is 10.1 Å². The molecule has 1 heterocycles. The average Bonchev–Trinajstić information content (AvgIpc) is 2.80. The number of amides is 1. The predicted octanol–water partition coefficient (Wildman–Crippen LogP) is 3.23. The SMILES string of the molecule is CCn1nc(C)cc1C(=O)Nc1ccc(OC)c(Br)c1. The topological polar surface area (TPSA) is 56.2 Å². The van der Waals surface area contributed by atoms with Crippen molar-refractivity contribution in [2.45, 2.75) is 20.4 Å². The molecule has 1 N–H and O–H groups in total. The molecule has 0 fully saturated rings. The molecule has 20 heavy (non-hydrogen) atoms. The number of nitrogens with one attached hydrogen (secondary N) is 1. The van der Waals surface area contributed by atoms with Gasteiger partial charge >= 0.3 is 0 Å². The van der Waals surface area contributed by atoms with Gasteiger partial charge in [0.25, 0.3) is 5.91 Å². The number of nitrogens with zero attached hydrogens (tertiary/aromatic N) is 2. The third-order valence-corrected chi connectivity index (χ3v) is 3.46. The molecule has 2 rings (SSSR count). The first-order chi connectivity index (χ1) is 9.55. The molecular formula is C14H16BrN3O2. The number of ether oxygens (including phenoxy) is 1. The molecule has 1 aromatic heterocycles. The minimum absolute atomic E-state index is 0.176. The van der Waals surface area contributed by atoms with Crippen molar-refractivity contribution in [3.63, 3.8) is 0 Å². The van der Waals surface area contributed by atoms with E-state index >= 15 is 0 Å². The third-order valence-electron chi connectivity index (χ3n) is 2.84. The molecule has 0 spiro atoms. The standard InChI is InChI=1S/C14H16BrN3O2/c1-4-18-12(7-9(2)17-18)14(19)16-10-5-6-13(20-3)11(15)8-10/h5-8H,4H2,1-3H3,(H,16,19). The Morgan fingerprint density at radius 3 is 2.80 bits per heavy atom. The maximum Gasteiger partial charge on any atom is 0.273 e. The minimum Gasteiger partial charge on any atom is -0.496 e. The van der Waals surface area contributed by atoms with E-state index in [4.69, 9.17) is 4.74 Å². The van der Waals surface area contributed by atoms with E-state index in [0.717, 1.165) is 15.9 Å². The highest BCUT2D eigenvalue weighted by Crippen LogP contribution is 2.27. The van der Waals surface area contributed by atoms with Crippen LogP contribution in [0.4, 0.5) is 5.69 Å². The van der Waals surface area contributed by atoms with Gasteiger partial charge in [-0.1, -0.05) is 0 Å². The molecule has 0 unspecified atom stereocenters. The Morgan fingerprint density at radius 1 is 1.45 bits per heavy atom. The van der Waals surface area contributed by atoms with E-state index in [1.54, 1.807) is 36.1 Å². The number of hydrogen-bond donors (Lipinski definition) is 1. The first-order valence-corrected chi connectivity index (χ1v) is 7.03. The first-order valence-electron chi connectivity index (χ1n) is 6.24. The molecule has 106 valence electrons. The number of aromatic nitrogens is 2. The summed E-state index contributed by atoms with van der Waals surface area (Å²) in [5.74, 6) is 0.543. The van der Waals surface area contributed by atoms with Crippen molar-refractivity contribution in [3.05, 3.63) is 40.1 Å². The number of methoxy groups -OCH3 is 1. The number of carbonyl (C=O) groups is 1. The van der Waals surface area contributed by atoms with Gasteiger partial charge in [-0.15, -0.1) is 0 Å². The zero-order valence-electron chi connectivity index (χ0n) is 11.6. The summed E-state index contributed by atoms with van der Waals surface area (Å²) in [4.78, 5) is 12.3. The summed E-state index contributed by atoms with van der Waals surface area (Å²) in [6, 6.07) is 7.16.